The molecular weight excluding hydrogens is 410 g/mol. The van der Waals surface area contributed by atoms with Crippen molar-refractivity contribution < 1.29 is 18.3 Å². The molecule has 4 heterocycles. The average Bonchev–Trinajstić information content (AvgIpc) is 3.21. The molecule has 31 heavy (non-hydrogen) atoms. The van der Waals surface area contributed by atoms with Crippen LogP contribution >= 0.6 is 0 Å². The van der Waals surface area contributed by atoms with E-state index in [1.807, 2.05) is 6.07 Å². The number of nitriles is 1. The average molecular weight is 428 g/mol. The molecule has 0 spiro atoms. The van der Waals surface area contributed by atoms with Crippen LogP contribution in [0.2, 0.25) is 0 Å². The maximum Gasteiger partial charge on any atom is 0.249 e. The zero-order chi connectivity index (χ0) is 21.8. The lowest BCUT2D eigenvalue weighted by Gasteiger charge is -2.41. The third-order valence-corrected chi connectivity index (χ3v) is 4.90. The summed E-state index contributed by atoms with van der Waals surface area (Å²) in [6.07, 6.45) is 3.18. The highest BCUT2D eigenvalue weighted by molar-refractivity contribution is 5.75. The lowest BCUT2D eigenvalue weighted by atomic mass is 9.83. The summed E-state index contributed by atoms with van der Waals surface area (Å²) < 4.78 is 38.1. The molecule has 3 N–H and O–H groups in total. The Balaban J connectivity index is 1.58. The maximum absolute atomic E-state index is 13.5. The minimum absolute atomic E-state index is 0.167. The van der Waals surface area contributed by atoms with E-state index in [0.29, 0.717) is 34.4 Å². The monoisotopic (exact) mass is 428 g/mol. The van der Waals surface area contributed by atoms with Gasteiger partial charge in [0.25, 0.3) is 0 Å². The Morgan fingerprint density at radius 3 is 2.61 bits per heavy atom. The molecule has 1 fully saturated rings. The van der Waals surface area contributed by atoms with Gasteiger partial charge in [0.15, 0.2) is 17.3 Å². The molecule has 0 aliphatic carbocycles. The molecule has 0 amide bonds. The minimum Gasteiger partial charge on any atom is -0.494 e. The highest BCUT2D eigenvalue weighted by Gasteiger charge is 2.46. The van der Waals surface area contributed by atoms with Crippen LogP contribution in [0.4, 0.5) is 20.4 Å². The number of alkyl halides is 2. The van der Waals surface area contributed by atoms with Gasteiger partial charge in [0, 0.05) is 19.2 Å². The van der Waals surface area contributed by atoms with E-state index in [4.69, 9.17) is 14.7 Å². The van der Waals surface area contributed by atoms with E-state index in [1.54, 1.807) is 6.07 Å². The normalized spacial score (nSPS) is 14.5. The van der Waals surface area contributed by atoms with Crippen molar-refractivity contribution >= 4 is 11.6 Å². The van der Waals surface area contributed by atoms with Gasteiger partial charge in [-0.3, -0.25) is 10.1 Å². The van der Waals surface area contributed by atoms with Crippen LogP contribution in [-0.4, -0.2) is 58.4 Å². The summed E-state index contributed by atoms with van der Waals surface area (Å²) in [5.74, 6) is 1.50. The molecule has 4 rings (SSSR count). The van der Waals surface area contributed by atoms with Crippen LogP contribution in [0.5, 0.6) is 11.5 Å². The first kappa shape index (κ1) is 20.4. The number of pyridine rings is 1. The van der Waals surface area contributed by atoms with Gasteiger partial charge in [-0.05, 0) is 0 Å². The van der Waals surface area contributed by atoms with Crippen LogP contribution in [-0.2, 0) is 0 Å². The fourth-order valence-corrected chi connectivity index (χ4v) is 3.04. The predicted molar refractivity (Wildman–Crippen MR) is 105 cm³/mol. The molecule has 1 saturated heterocycles. The van der Waals surface area contributed by atoms with E-state index >= 15 is 0 Å². The molecule has 1 aliphatic rings. The molecule has 0 bridgehead atoms. The number of hydrogen-bond acceptors (Lipinski definition) is 9. The molecule has 0 radical (unpaired) electrons. The van der Waals surface area contributed by atoms with Crippen LogP contribution in [0.3, 0.4) is 0 Å². The van der Waals surface area contributed by atoms with Gasteiger partial charge in [-0.15, -0.1) is 0 Å². The SMILES string of the molecule is COc1cncc(OCC2(C(F)F)CNC2)c1-c1cc(Nc2cnc(C#N)cn2)n[nH]1. The largest absolute Gasteiger partial charge is 0.494 e. The Bertz CT molecular complexity index is 1090. The van der Waals surface area contributed by atoms with Crippen LogP contribution in [0.25, 0.3) is 11.3 Å². The van der Waals surface area contributed by atoms with E-state index < -0.39 is 11.8 Å². The van der Waals surface area contributed by atoms with Crippen molar-refractivity contribution in [2.75, 3.05) is 32.1 Å². The van der Waals surface area contributed by atoms with Crippen LogP contribution in [0, 0.1) is 16.7 Å². The van der Waals surface area contributed by atoms with Crippen molar-refractivity contribution in [3.63, 3.8) is 0 Å². The van der Waals surface area contributed by atoms with Crippen molar-refractivity contribution in [3.05, 3.63) is 36.5 Å². The van der Waals surface area contributed by atoms with E-state index in [2.05, 4.69) is 35.8 Å². The number of nitrogens with zero attached hydrogens (tertiary/aromatic N) is 5. The number of anilines is 2. The maximum atomic E-state index is 13.5. The second-order valence-corrected chi connectivity index (χ2v) is 6.96. The fourth-order valence-electron chi connectivity index (χ4n) is 3.04. The summed E-state index contributed by atoms with van der Waals surface area (Å²) in [6, 6.07) is 3.57. The number of nitrogens with one attached hydrogen (secondary N) is 3. The van der Waals surface area contributed by atoms with E-state index in [0.717, 1.165) is 0 Å². The quantitative estimate of drug-likeness (QED) is 0.493. The van der Waals surface area contributed by atoms with Crippen LogP contribution in [0.15, 0.2) is 30.9 Å². The van der Waals surface area contributed by atoms with E-state index in [1.165, 1.54) is 31.9 Å². The Hall–Kier alpha value is -3.85. The molecule has 0 unspecified atom stereocenters. The molecule has 0 atom stereocenters. The number of hydrogen-bond donors (Lipinski definition) is 3. The van der Waals surface area contributed by atoms with Crippen LogP contribution < -0.4 is 20.1 Å². The lowest BCUT2D eigenvalue weighted by molar-refractivity contribution is -0.0682. The molecule has 3 aromatic rings. The number of aromatic nitrogens is 5. The first-order valence-corrected chi connectivity index (χ1v) is 9.23. The van der Waals surface area contributed by atoms with E-state index in [9.17, 15) is 8.78 Å². The Morgan fingerprint density at radius 2 is 2.00 bits per heavy atom. The van der Waals surface area contributed by atoms with Gasteiger partial charge >= 0.3 is 0 Å². The third-order valence-electron chi connectivity index (χ3n) is 4.90. The smallest absolute Gasteiger partial charge is 0.249 e. The van der Waals surface area contributed by atoms with Gasteiger partial charge in [0.05, 0.1) is 48.6 Å². The molecule has 0 aromatic carbocycles. The minimum atomic E-state index is -2.51. The van der Waals surface area contributed by atoms with Crippen molar-refractivity contribution in [3.8, 4) is 28.8 Å². The molecule has 1 aliphatic heterocycles. The number of rotatable bonds is 8. The van der Waals surface area contributed by atoms with Gasteiger partial charge < -0.3 is 20.1 Å². The standard InChI is InChI=1S/C19H18F2N8O2/c1-30-13-5-23-6-14(31-10-19(18(20)21)8-24-9-19)17(13)12-2-15(29-28-12)27-16-7-25-11(3-22)4-26-16/h2,4-7,18,24H,8-10H2,1H3,(H2,26,27,28,29). The van der Waals surface area contributed by atoms with Gasteiger partial charge in [-0.2, -0.15) is 10.4 Å². The summed E-state index contributed by atoms with van der Waals surface area (Å²) in [5, 5.41) is 21.7. The summed E-state index contributed by atoms with van der Waals surface area (Å²) in [4.78, 5) is 12.1. The molecule has 160 valence electrons. The van der Waals surface area contributed by atoms with Crippen molar-refractivity contribution in [1.29, 1.82) is 5.26 Å². The number of ether oxygens (including phenoxy) is 2. The molecular formula is C19H18F2N8O2. The molecule has 0 saturated carbocycles. The summed E-state index contributed by atoms with van der Waals surface area (Å²) in [5.41, 5.74) is -0.00775. The van der Waals surface area contributed by atoms with Crippen molar-refractivity contribution in [2.24, 2.45) is 5.41 Å². The molecule has 12 heteroatoms. The Labute approximate surface area is 175 Å². The second kappa shape index (κ2) is 8.49. The van der Waals surface area contributed by atoms with E-state index in [-0.39, 0.29) is 25.4 Å². The first-order chi connectivity index (χ1) is 15.0. The molecule has 3 aromatic heterocycles. The second-order valence-electron chi connectivity index (χ2n) is 6.96. The van der Waals surface area contributed by atoms with Gasteiger partial charge in [0.1, 0.15) is 24.2 Å². The topological polar surface area (TPSA) is 134 Å². The number of methoxy groups -OCH3 is 1. The third kappa shape index (κ3) is 4.08. The summed E-state index contributed by atoms with van der Waals surface area (Å²) >= 11 is 0. The number of H-pyrrole nitrogens is 1. The van der Waals surface area contributed by atoms with Crippen molar-refractivity contribution in [1.82, 2.24) is 30.5 Å². The zero-order valence-corrected chi connectivity index (χ0v) is 16.4. The zero-order valence-electron chi connectivity index (χ0n) is 16.4. The highest BCUT2D eigenvalue weighted by Crippen LogP contribution is 2.39. The lowest BCUT2D eigenvalue weighted by Crippen LogP contribution is -2.60. The predicted octanol–water partition coefficient (Wildman–Crippen LogP) is 2.12. The van der Waals surface area contributed by atoms with Crippen molar-refractivity contribution in [2.45, 2.75) is 6.43 Å². The van der Waals surface area contributed by atoms with Gasteiger partial charge in [-0.25, -0.2) is 18.7 Å². The number of halogens is 2. The summed E-state index contributed by atoms with van der Waals surface area (Å²) in [7, 11) is 1.47. The Morgan fingerprint density at radius 1 is 1.19 bits per heavy atom. The van der Waals surface area contributed by atoms with Crippen LogP contribution in [0.1, 0.15) is 5.69 Å². The van der Waals surface area contributed by atoms with Gasteiger partial charge in [0.2, 0.25) is 6.43 Å². The Kier molecular flexibility index (Phi) is 5.59. The van der Waals surface area contributed by atoms with Gasteiger partial charge in [-0.1, -0.05) is 0 Å². The highest BCUT2D eigenvalue weighted by atomic mass is 19.3. The molecule has 10 nitrogen and oxygen atoms in total. The summed E-state index contributed by atoms with van der Waals surface area (Å²) in [6.45, 7) is 0.196. The fraction of sp³-hybridized carbons (Fsp3) is 0.316. The first-order valence-electron chi connectivity index (χ1n) is 9.23. The number of aromatic amines is 1.